The van der Waals surface area contributed by atoms with Crippen molar-refractivity contribution in [2.75, 3.05) is 20.2 Å². The van der Waals surface area contributed by atoms with Gasteiger partial charge in [-0.3, -0.25) is 0 Å². The van der Waals surface area contributed by atoms with Crippen LogP contribution in [0.1, 0.15) is 25.3 Å². The zero-order valence-corrected chi connectivity index (χ0v) is 10.8. The van der Waals surface area contributed by atoms with Gasteiger partial charge in [-0.25, -0.2) is 0 Å². The normalized spacial score (nSPS) is 23.2. The molecule has 1 unspecified atom stereocenters. The highest BCUT2D eigenvalue weighted by Crippen LogP contribution is 2.32. The number of nitriles is 1. The standard InChI is InChI=1S/C14H18N2O2/c1-14(6-3-7-16-10-14)18-12-5-4-11(9-15)8-13(12)17-2/h4-5,8,16H,3,6-7,10H2,1-2H3. The first kappa shape index (κ1) is 12.7. The van der Waals surface area contributed by atoms with E-state index in [0.29, 0.717) is 17.1 Å². The largest absolute Gasteiger partial charge is 0.493 e. The van der Waals surface area contributed by atoms with E-state index in [1.807, 2.05) is 0 Å². The van der Waals surface area contributed by atoms with Gasteiger partial charge in [-0.15, -0.1) is 0 Å². The van der Waals surface area contributed by atoms with Crippen LogP contribution in [-0.4, -0.2) is 25.8 Å². The smallest absolute Gasteiger partial charge is 0.162 e. The summed E-state index contributed by atoms with van der Waals surface area (Å²) in [6.45, 7) is 3.97. The zero-order chi connectivity index (χ0) is 13.0. The fraction of sp³-hybridized carbons (Fsp3) is 0.500. The van der Waals surface area contributed by atoms with Crippen LogP contribution in [0.25, 0.3) is 0 Å². The number of nitrogens with one attached hydrogen (secondary N) is 1. The lowest BCUT2D eigenvalue weighted by molar-refractivity contribution is 0.0585. The molecule has 4 nitrogen and oxygen atoms in total. The second-order valence-electron chi connectivity index (χ2n) is 4.81. The van der Waals surface area contributed by atoms with Crippen molar-refractivity contribution in [1.82, 2.24) is 5.32 Å². The molecule has 2 rings (SSSR count). The SMILES string of the molecule is COc1cc(C#N)ccc1OC1(C)CCCNC1. The molecule has 0 aliphatic carbocycles. The number of piperidine rings is 1. The van der Waals surface area contributed by atoms with Gasteiger partial charge in [0, 0.05) is 12.6 Å². The van der Waals surface area contributed by atoms with E-state index in [1.54, 1.807) is 25.3 Å². The third-order valence-electron chi connectivity index (χ3n) is 3.21. The summed E-state index contributed by atoms with van der Waals surface area (Å²) >= 11 is 0. The topological polar surface area (TPSA) is 54.3 Å². The summed E-state index contributed by atoms with van der Waals surface area (Å²) in [4.78, 5) is 0. The minimum absolute atomic E-state index is 0.209. The molecule has 0 saturated carbocycles. The van der Waals surface area contributed by atoms with Crippen LogP contribution in [0.5, 0.6) is 11.5 Å². The molecule has 1 aromatic carbocycles. The van der Waals surface area contributed by atoms with Crippen LogP contribution in [0.15, 0.2) is 18.2 Å². The van der Waals surface area contributed by atoms with Crippen LogP contribution in [0.2, 0.25) is 0 Å². The van der Waals surface area contributed by atoms with E-state index < -0.39 is 0 Å². The number of ether oxygens (including phenoxy) is 2. The molecule has 96 valence electrons. The van der Waals surface area contributed by atoms with Crippen molar-refractivity contribution in [1.29, 1.82) is 5.26 Å². The van der Waals surface area contributed by atoms with Crippen molar-refractivity contribution in [3.8, 4) is 17.6 Å². The van der Waals surface area contributed by atoms with Crippen molar-refractivity contribution in [3.05, 3.63) is 23.8 Å². The molecular weight excluding hydrogens is 228 g/mol. The molecule has 1 fully saturated rings. The van der Waals surface area contributed by atoms with E-state index in [-0.39, 0.29) is 5.60 Å². The Morgan fingerprint density at radius 3 is 2.83 bits per heavy atom. The molecule has 0 radical (unpaired) electrons. The lowest BCUT2D eigenvalue weighted by Gasteiger charge is -2.35. The Morgan fingerprint density at radius 1 is 1.39 bits per heavy atom. The predicted molar refractivity (Wildman–Crippen MR) is 68.8 cm³/mol. The summed E-state index contributed by atoms with van der Waals surface area (Å²) < 4.78 is 11.3. The van der Waals surface area contributed by atoms with Crippen LogP contribution in [-0.2, 0) is 0 Å². The Hall–Kier alpha value is -1.73. The van der Waals surface area contributed by atoms with Crippen LogP contribution < -0.4 is 14.8 Å². The second-order valence-corrected chi connectivity index (χ2v) is 4.81. The molecule has 0 amide bonds. The van der Waals surface area contributed by atoms with Crippen molar-refractivity contribution in [2.45, 2.75) is 25.4 Å². The first-order valence-electron chi connectivity index (χ1n) is 6.15. The van der Waals surface area contributed by atoms with Gasteiger partial charge in [-0.05, 0) is 38.4 Å². The van der Waals surface area contributed by atoms with Crippen molar-refractivity contribution >= 4 is 0 Å². The molecule has 1 atom stereocenters. The fourth-order valence-corrected chi connectivity index (χ4v) is 2.20. The Morgan fingerprint density at radius 2 is 2.22 bits per heavy atom. The molecule has 1 aromatic rings. The van der Waals surface area contributed by atoms with Crippen molar-refractivity contribution in [2.24, 2.45) is 0 Å². The molecule has 1 heterocycles. The van der Waals surface area contributed by atoms with E-state index in [1.165, 1.54) is 0 Å². The Bertz CT molecular complexity index is 459. The number of rotatable bonds is 3. The molecule has 1 N–H and O–H groups in total. The van der Waals surface area contributed by atoms with Crippen LogP contribution in [0, 0.1) is 11.3 Å². The van der Waals surface area contributed by atoms with Gasteiger partial charge in [0.25, 0.3) is 0 Å². The summed E-state index contributed by atoms with van der Waals surface area (Å²) in [5.41, 5.74) is 0.366. The van der Waals surface area contributed by atoms with E-state index >= 15 is 0 Å². The minimum atomic E-state index is -0.209. The third-order valence-corrected chi connectivity index (χ3v) is 3.21. The number of hydrogen-bond donors (Lipinski definition) is 1. The van der Waals surface area contributed by atoms with Gasteiger partial charge < -0.3 is 14.8 Å². The second kappa shape index (κ2) is 5.28. The average molecular weight is 246 g/mol. The summed E-state index contributed by atoms with van der Waals surface area (Å²) in [5, 5.41) is 12.2. The maximum absolute atomic E-state index is 8.86. The first-order valence-corrected chi connectivity index (χ1v) is 6.15. The van der Waals surface area contributed by atoms with Gasteiger partial charge in [-0.2, -0.15) is 5.26 Å². The summed E-state index contributed by atoms with van der Waals surface area (Å²) in [5.74, 6) is 1.31. The number of methoxy groups -OCH3 is 1. The molecule has 1 aliphatic heterocycles. The Balaban J connectivity index is 2.20. The molecule has 1 aliphatic rings. The summed E-state index contributed by atoms with van der Waals surface area (Å²) in [7, 11) is 1.59. The Kier molecular flexibility index (Phi) is 3.73. The van der Waals surface area contributed by atoms with Gasteiger partial charge in [0.2, 0.25) is 0 Å². The van der Waals surface area contributed by atoms with Gasteiger partial charge in [0.05, 0.1) is 18.7 Å². The number of benzene rings is 1. The third kappa shape index (κ3) is 2.74. The monoisotopic (exact) mass is 246 g/mol. The predicted octanol–water partition coefficient (Wildman–Crippen LogP) is 2.09. The highest BCUT2D eigenvalue weighted by molar-refractivity contribution is 5.47. The van der Waals surface area contributed by atoms with Gasteiger partial charge in [-0.1, -0.05) is 0 Å². The molecule has 1 saturated heterocycles. The van der Waals surface area contributed by atoms with E-state index in [4.69, 9.17) is 14.7 Å². The number of nitrogens with zero attached hydrogens (tertiary/aromatic N) is 1. The zero-order valence-electron chi connectivity index (χ0n) is 10.8. The molecule has 0 aromatic heterocycles. The van der Waals surface area contributed by atoms with Crippen molar-refractivity contribution < 1.29 is 9.47 Å². The lowest BCUT2D eigenvalue weighted by Crippen LogP contribution is -2.47. The van der Waals surface area contributed by atoms with E-state index in [0.717, 1.165) is 25.9 Å². The average Bonchev–Trinajstić information content (AvgIpc) is 2.39. The number of hydrogen-bond acceptors (Lipinski definition) is 4. The molecule has 4 heteroatoms. The summed E-state index contributed by atoms with van der Waals surface area (Å²) in [6.07, 6.45) is 2.12. The fourth-order valence-electron chi connectivity index (χ4n) is 2.20. The van der Waals surface area contributed by atoms with Gasteiger partial charge >= 0.3 is 0 Å². The van der Waals surface area contributed by atoms with Crippen molar-refractivity contribution in [3.63, 3.8) is 0 Å². The maximum Gasteiger partial charge on any atom is 0.162 e. The van der Waals surface area contributed by atoms with Crippen LogP contribution in [0.4, 0.5) is 0 Å². The van der Waals surface area contributed by atoms with Crippen LogP contribution >= 0.6 is 0 Å². The maximum atomic E-state index is 8.86. The molecule has 0 spiro atoms. The van der Waals surface area contributed by atoms with E-state index in [9.17, 15) is 0 Å². The molecule has 0 bridgehead atoms. The van der Waals surface area contributed by atoms with Gasteiger partial charge in [0.1, 0.15) is 5.60 Å². The lowest BCUT2D eigenvalue weighted by atomic mass is 9.96. The summed E-state index contributed by atoms with van der Waals surface area (Å²) in [6, 6.07) is 7.35. The quantitative estimate of drug-likeness (QED) is 0.887. The highest BCUT2D eigenvalue weighted by atomic mass is 16.5. The minimum Gasteiger partial charge on any atom is -0.493 e. The molecule has 18 heavy (non-hydrogen) atoms. The van der Waals surface area contributed by atoms with E-state index in [2.05, 4.69) is 18.3 Å². The first-order chi connectivity index (χ1) is 8.67. The van der Waals surface area contributed by atoms with Gasteiger partial charge in [0.15, 0.2) is 11.5 Å². The highest BCUT2D eigenvalue weighted by Gasteiger charge is 2.29. The Labute approximate surface area is 108 Å². The molecular formula is C14H18N2O2. The van der Waals surface area contributed by atoms with Crippen LogP contribution in [0.3, 0.4) is 0 Å².